The topological polar surface area (TPSA) is 38.8 Å². The van der Waals surface area contributed by atoms with Crippen molar-refractivity contribution < 1.29 is 14.3 Å². The third-order valence-corrected chi connectivity index (χ3v) is 3.46. The van der Waals surface area contributed by atoms with Crippen molar-refractivity contribution in [3.05, 3.63) is 29.3 Å². The van der Waals surface area contributed by atoms with Crippen LogP contribution in [0.1, 0.15) is 18.1 Å². The summed E-state index contributed by atoms with van der Waals surface area (Å²) in [6.07, 6.45) is -0.458. The van der Waals surface area contributed by atoms with Crippen molar-refractivity contribution in [2.45, 2.75) is 26.9 Å². The molecule has 1 saturated heterocycles. The molecule has 4 nitrogen and oxygen atoms in total. The van der Waals surface area contributed by atoms with Gasteiger partial charge >= 0.3 is 0 Å². The molecule has 1 aliphatic rings. The van der Waals surface area contributed by atoms with E-state index in [1.165, 1.54) is 11.1 Å². The molecule has 0 aliphatic carbocycles. The Balaban J connectivity index is 1.97. The Morgan fingerprint density at radius 1 is 1.26 bits per heavy atom. The third kappa shape index (κ3) is 3.47. The van der Waals surface area contributed by atoms with Gasteiger partial charge in [-0.2, -0.15) is 0 Å². The fourth-order valence-electron chi connectivity index (χ4n) is 2.08. The maximum absolute atomic E-state index is 12.2. The number of hydrogen-bond acceptors (Lipinski definition) is 3. The highest BCUT2D eigenvalue weighted by Crippen LogP contribution is 2.18. The Bertz CT molecular complexity index is 453. The predicted octanol–water partition coefficient (Wildman–Crippen LogP) is 1.93. The van der Waals surface area contributed by atoms with Gasteiger partial charge in [-0.05, 0) is 44.0 Å². The van der Waals surface area contributed by atoms with Crippen LogP contribution in [-0.4, -0.2) is 43.2 Å². The van der Waals surface area contributed by atoms with E-state index >= 15 is 0 Å². The van der Waals surface area contributed by atoms with E-state index in [0.29, 0.717) is 26.3 Å². The second-order valence-electron chi connectivity index (χ2n) is 4.94. The molecule has 1 amide bonds. The quantitative estimate of drug-likeness (QED) is 0.836. The number of carbonyl (C=O) groups excluding carboxylic acids is 1. The van der Waals surface area contributed by atoms with Crippen LogP contribution in [0.15, 0.2) is 18.2 Å². The van der Waals surface area contributed by atoms with Crippen LogP contribution < -0.4 is 4.74 Å². The Morgan fingerprint density at radius 3 is 2.58 bits per heavy atom. The van der Waals surface area contributed by atoms with Crippen molar-refractivity contribution in [1.29, 1.82) is 0 Å². The van der Waals surface area contributed by atoms with Crippen molar-refractivity contribution in [1.82, 2.24) is 4.90 Å². The number of hydrogen-bond donors (Lipinski definition) is 0. The van der Waals surface area contributed by atoms with Crippen LogP contribution in [0.4, 0.5) is 0 Å². The van der Waals surface area contributed by atoms with Gasteiger partial charge in [-0.25, -0.2) is 0 Å². The van der Waals surface area contributed by atoms with E-state index in [1.54, 1.807) is 11.8 Å². The van der Waals surface area contributed by atoms with E-state index in [2.05, 4.69) is 6.92 Å². The average Bonchev–Trinajstić information content (AvgIpc) is 2.43. The third-order valence-electron chi connectivity index (χ3n) is 3.46. The minimum absolute atomic E-state index is 0.0292. The first-order valence-electron chi connectivity index (χ1n) is 6.68. The smallest absolute Gasteiger partial charge is 0.263 e. The molecule has 1 atom stereocenters. The Kier molecular flexibility index (Phi) is 4.43. The molecule has 1 aromatic carbocycles. The molecular weight excluding hydrogens is 242 g/mol. The zero-order valence-corrected chi connectivity index (χ0v) is 11.8. The van der Waals surface area contributed by atoms with Gasteiger partial charge in [0, 0.05) is 13.1 Å². The summed E-state index contributed by atoms with van der Waals surface area (Å²) in [5, 5.41) is 0. The second-order valence-corrected chi connectivity index (χ2v) is 4.94. The number of morpholine rings is 1. The first kappa shape index (κ1) is 13.9. The summed E-state index contributed by atoms with van der Waals surface area (Å²) in [5.74, 6) is 0.777. The van der Waals surface area contributed by atoms with Gasteiger partial charge in [-0.3, -0.25) is 4.79 Å². The molecule has 104 valence electrons. The number of rotatable bonds is 3. The maximum atomic E-state index is 12.2. The molecule has 4 heteroatoms. The van der Waals surface area contributed by atoms with Gasteiger partial charge in [0.1, 0.15) is 5.75 Å². The zero-order chi connectivity index (χ0) is 13.8. The van der Waals surface area contributed by atoms with Gasteiger partial charge in [-0.15, -0.1) is 0 Å². The summed E-state index contributed by atoms with van der Waals surface area (Å²) in [6.45, 7) is 8.42. The highest BCUT2D eigenvalue weighted by atomic mass is 16.5. The molecule has 0 N–H and O–H groups in total. The molecule has 1 aromatic rings. The van der Waals surface area contributed by atoms with Crippen LogP contribution in [-0.2, 0) is 9.53 Å². The fraction of sp³-hybridized carbons (Fsp3) is 0.533. The summed E-state index contributed by atoms with van der Waals surface area (Å²) in [7, 11) is 0. The lowest BCUT2D eigenvalue weighted by atomic mass is 10.1. The summed E-state index contributed by atoms with van der Waals surface area (Å²) in [5.41, 5.74) is 2.39. The maximum Gasteiger partial charge on any atom is 0.263 e. The molecule has 1 aliphatic heterocycles. The van der Waals surface area contributed by atoms with Gasteiger partial charge in [0.25, 0.3) is 5.91 Å². The molecule has 2 rings (SSSR count). The summed E-state index contributed by atoms with van der Waals surface area (Å²) >= 11 is 0. The minimum atomic E-state index is -0.458. The SMILES string of the molecule is Cc1ccc(O[C@@H](C)C(=O)N2CCOCC2)cc1C. The fourth-order valence-corrected chi connectivity index (χ4v) is 2.08. The first-order valence-corrected chi connectivity index (χ1v) is 6.68. The highest BCUT2D eigenvalue weighted by molar-refractivity contribution is 5.81. The number of amides is 1. The molecule has 19 heavy (non-hydrogen) atoms. The largest absolute Gasteiger partial charge is 0.481 e. The lowest BCUT2D eigenvalue weighted by molar-refractivity contribution is -0.142. The van der Waals surface area contributed by atoms with Gasteiger partial charge in [0.2, 0.25) is 0 Å². The molecule has 0 saturated carbocycles. The van der Waals surface area contributed by atoms with Crippen molar-refractivity contribution >= 4 is 5.91 Å². The van der Waals surface area contributed by atoms with Gasteiger partial charge in [0.15, 0.2) is 6.10 Å². The van der Waals surface area contributed by atoms with Crippen molar-refractivity contribution in [2.24, 2.45) is 0 Å². The predicted molar refractivity (Wildman–Crippen MR) is 73.4 cm³/mol. The molecule has 0 bridgehead atoms. The molecule has 1 fully saturated rings. The van der Waals surface area contributed by atoms with Gasteiger partial charge in [0.05, 0.1) is 13.2 Å². The Hall–Kier alpha value is -1.55. The van der Waals surface area contributed by atoms with Crippen LogP contribution in [0.25, 0.3) is 0 Å². The van der Waals surface area contributed by atoms with Crippen molar-refractivity contribution in [3.8, 4) is 5.75 Å². The lowest BCUT2D eigenvalue weighted by Crippen LogP contribution is -2.46. The number of ether oxygens (including phenoxy) is 2. The van der Waals surface area contributed by atoms with E-state index in [4.69, 9.17) is 9.47 Å². The monoisotopic (exact) mass is 263 g/mol. The van der Waals surface area contributed by atoms with Crippen LogP contribution in [0.5, 0.6) is 5.75 Å². The molecule has 1 heterocycles. The van der Waals surface area contributed by atoms with E-state index in [1.807, 2.05) is 25.1 Å². The van der Waals surface area contributed by atoms with Crippen LogP contribution in [0, 0.1) is 13.8 Å². The average molecular weight is 263 g/mol. The van der Waals surface area contributed by atoms with Crippen molar-refractivity contribution in [3.63, 3.8) is 0 Å². The van der Waals surface area contributed by atoms with E-state index < -0.39 is 6.10 Å². The number of carbonyl (C=O) groups is 1. The Labute approximate surface area is 114 Å². The summed E-state index contributed by atoms with van der Waals surface area (Å²) < 4.78 is 11.0. The number of nitrogens with zero attached hydrogens (tertiary/aromatic N) is 1. The molecular formula is C15H21NO3. The zero-order valence-electron chi connectivity index (χ0n) is 11.8. The number of benzene rings is 1. The van der Waals surface area contributed by atoms with Gasteiger partial charge < -0.3 is 14.4 Å². The Morgan fingerprint density at radius 2 is 1.95 bits per heavy atom. The number of aryl methyl sites for hydroxylation is 2. The highest BCUT2D eigenvalue weighted by Gasteiger charge is 2.23. The van der Waals surface area contributed by atoms with Crippen LogP contribution in [0.3, 0.4) is 0 Å². The first-order chi connectivity index (χ1) is 9.08. The minimum Gasteiger partial charge on any atom is -0.481 e. The van der Waals surface area contributed by atoms with E-state index in [0.717, 1.165) is 5.75 Å². The van der Waals surface area contributed by atoms with E-state index in [-0.39, 0.29) is 5.91 Å². The standard InChI is InChI=1S/C15H21NO3/c1-11-4-5-14(10-12(11)2)19-13(3)15(17)16-6-8-18-9-7-16/h4-5,10,13H,6-9H2,1-3H3/t13-/m0/s1. The molecule has 0 aromatic heterocycles. The molecule has 0 radical (unpaired) electrons. The summed E-state index contributed by atoms with van der Waals surface area (Å²) in [6, 6.07) is 5.89. The summed E-state index contributed by atoms with van der Waals surface area (Å²) in [4.78, 5) is 14.0. The van der Waals surface area contributed by atoms with Crippen molar-refractivity contribution in [2.75, 3.05) is 26.3 Å². The molecule has 0 unspecified atom stereocenters. The van der Waals surface area contributed by atoms with Crippen LogP contribution >= 0.6 is 0 Å². The lowest BCUT2D eigenvalue weighted by Gasteiger charge is -2.29. The van der Waals surface area contributed by atoms with Crippen LogP contribution in [0.2, 0.25) is 0 Å². The molecule has 0 spiro atoms. The second kappa shape index (κ2) is 6.06. The normalized spacial score (nSPS) is 17.1. The van der Waals surface area contributed by atoms with E-state index in [9.17, 15) is 4.79 Å². The van der Waals surface area contributed by atoms with Gasteiger partial charge in [-0.1, -0.05) is 6.07 Å².